The normalized spacial score (nSPS) is 17.8. The van der Waals surface area contributed by atoms with Crippen molar-refractivity contribution in [2.45, 2.75) is 66.0 Å². The summed E-state index contributed by atoms with van der Waals surface area (Å²) in [4.78, 5) is 0. The molecule has 0 spiro atoms. The van der Waals surface area contributed by atoms with Crippen LogP contribution >= 0.6 is 0 Å². The van der Waals surface area contributed by atoms with Gasteiger partial charge in [0.15, 0.2) is 0 Å². The predicted molar refractivity (Wildman–Crippen MR) is 67.0 cm³/mol. The summed E-state index contributed by atoms with van der Waals surface area (Å²) in [6, 6.07) is 0.601. The van der Waals surface area contributed by atoms with Crippen LogP contribution in [0.4, 0.5) is 0 Å². The first-order chi connectivity index (χ1) is 6.91. The van der Waals surface area contributed by atoms with Gasteiger partial charge in [0.2, 0.25) is 0 Å². The molecule has 15 heavy (non-hydrogen) atoms. The molecule has 0 amide bonds. The number of hydrogen-bond donors (Lipinski definition) is 2. The molecule has 0 aliphatic carbocycles. The molecule has 0 aromatic heterocycles. The SMILES string of the molecule is CC(C)CCC(C)NCC(C)CC(C)O. The van der Waals surface area contributed by atoms with Gasteiger partial charge in [0.1, 0.15) is 0 Å². The Hall–Kier alpha value is -0.0800. The molecule has 92 valence electrons. The summed E-state index contributed by atoms with van der Waals surface area (Å²) >= 11 is 0. The summed E-state index contributed by atoms with van der Waals surface area (Å²) in [5, 5.41) is 12.8. The fraction of sp³-hybridized carbons (Fsp3) is 1.00. The lowest BCUT2D eigenvalue weighted by molar-refractivity contribution is 0.162. The van der Waals surface area contributed by atoms with Gasteiger partial charge in [-0.2, -0.15) is 0 Å². The number of aliphatic hydroxyl groups is 1. The molecule has 0 saturated heterocycles. The van der Waals surface area contributed by atoms with E-state index >= 15 is 0 Å². The summed E-state index contributed by atoms with van der Waals surface area (Å²) in [6.07, 6.45) is 3.26. The molecule has 2 nitrogen and oxygen atoms in total. The second kappa shape index (κ2) is 8.12. The van der Waals surface area contributed by atoms with Crippen molar-refractivity contribution in [1.82, 2.24) is 5.32 Å². The highest BCUT2D eigenvalue weighted by molar-refractivity contribution is 4.66. The maximum absolute atomic E-state index is 9.24. The van der Waals surface area contributed by atoms with Crippen molar-refractivity contribution in [2.24, 2.45) is 11.8 Å². The fourth-order valence-electron chi connectivity index (χ4n) is 1.75. The number of hydrogen-bond acceptors (Lipinski definition) is 2. The fourth-order valence-corrected chi connectivity index (χ4v) is 1.75. The second-order valence-corrected chi connectivity index (χ2v) is 5.47. The lowest BCUT2D eigenvalue weighted by atomic mass is 10.0. The van der Waals surface area contributed by atoms with E-state index in [4.69, 9.17) is 0 Å². The third kappa shape index (κ3) is 10.2. The number of nitrogens with one attached hydrogen (secondary N) is 1. The highest BCUT2D eigenvalue weighted by Crippen LogP contribution is 2.08. The van der Waals surface area contributed by atoms with Gasteiger partial charge in [-0.05, 0) is 51.5 Å². The van der Waals surface area contributed by atoms with Crippen LogP contribution < -0.4 is 5.32 Å². The van der Waals surface area contributed by atoms with E-state index < -0.39 is 0 Å². The first kappa shape index (κ1) is 14.9. The van der Waals surface area contributed by atoms with Crippen molar-refractivity contribution >= 4 is 0 Å². The van der Waals surface area contributed by atoms with E-state index in [1.807, 2.05) is 6.92 Å². The lowest BCUT2D eigenvalue weighted by Crippen LogP contribution is -2.31. The molecule has 0 fully saturated rings. The van der Waals surface area contributed by atoms with E-state index in [1.54, 1.807) is 0 Å². The molecule has 0 aromatic carbocycles. The maximum atomic E-state index is 9.24. The third-order valence-electron chi connectivity index (χ3n) is 2.74. The van der Waals surface area contributed by atoms with Crippen LogP contribution in [0, 0.1) is 11.8 Å². The van der Waals surface area contributed by atoms with Crippen molar-refractivity contribution in [1.29, 1.82) is 0 Å². The van der Waals surface area contributed by atoms with Crippen LogP contribution in [-0.4, -0.2) is 23.8 Å². The van der Waals surface area contributed by atoms with Gasteiger partial charge < -0.3 is 10.4 Å². The van der Waals surface area contributed by atoms with Gasteiger partial charge in [-0.25, -0.2) is 0 Å². The molecule has 2 heteroatoms. The summed E-state index contributed by atoms with van der Waals surface area (Å²) in [6.45, 7) is 11.8. The highest BCUT2D eigenvalue weighted by Gasteiger charge is 2.08. The van der Waals surface area contributed by atoms with Crippen LogP contribution in [0.25, 0.3) is 0 Å². The van der Waals surface area contributed by atoms with E-state index in [0.29, 0.717) is 12.0 Å². The Balaban J connectivity index is 3.48. The van der Waals surface area contributed by atoms with Crippen LogP contribution in [0.3, 0.4) is 0 Å². The molecule has 0 aromatic rings. The first-order valence-electron chi connectivity index (χ1n) is 6.33. The van der Waals surface area contributed by atoms with Crippen LogP contribution in [0.5, 0.6) is 0 Å². The summed E-state index contributed by atoms with van der Waals surface area (Å²) in [5.41, 5.74) is 0. The standard InChI is InChI=1S/C13H29NO/c1-10(2)6-7-12(4)14-9-11(3)8-13(5)15/h10-15H,6-9H2,1-5H3. The first-order valence-corrected chi connectivity index (χ1v) is 6.33. The van der Waals surface area contributed by atoms with E-state index in [2.05, 4.69) is 33.0 Å². The van der Waals surface area contributed by atoms with E-state index in [1.165, 1.54) is 12.8 Å². The minimum Gasteiger partial charge on any atom is -0.393 e. The molecule has 3 atom stereocenters. The molecule has 0 aliphatic rings. The Morgan fingerprint density at radius 1 is 1.00 bits per heavy atom. The zero-order valence-corrected chi connectivity index (χ0v) is 11.1. The average molecular weight is 215 g/mol. The Morgan fingerprint density at radius 3 is 2.07 bits per heavy atom. The van der Waals surface area contributed by atoms with Gasteiger partial charge in [0.05, 0.1) is 6.10 Å². The van der Waals surface area contributed by atoms with Crippen molar-refractivity contribution < 1.29 is 5.11 Å². The number of aliphatic hydroxyl groups excluding tert-OH is 1. The largest absolute Gasteiger partial charge is 0.393 e. The van der Waals surface area contributed by atoms with Gasteiger partial charge in [0.25, 0.3) is 0 Å². The molecule has 0 bridgehead atoms. The summed E-state index contributed by atoms with van der Waals surface area (Å²) in [5.74, 6) is 1.36. The minimum absolute atomic E-state index is 0.173. The van der Waals surface area contributed by atoms with E-state index in [0.717, 1.165) is 18.9 Å². The maximum Gasteiger partial charge on any atom is 0.0515 e. The highest BCUT2D eigenvalue weighted by atomic mass is 16.3. The molecular weight excluding hydrogens is 186 g/mol. The van der Waals surface area contributed by atoms with Gasteiger partial charge in [-0.15, -0.1) is 0 Å². The minimum atomic E-state index is -0.173. The van der Waals surface area contributed by atoms with Gasteiger partial charge in [0, 0.05) is 6.04 Å². The Bertz CT molecular complexity index is 145. The molecule has 0 saturated carbocycles. The van der Waals surface area contributed by atoms with Crippen molar-refractivity contribution in [3.63, 3.8) is 0 Å². The summed E-state index contributed by atoms with van der Waals surface area (Å²) < 4.78 is 0. The quantitative estimate of drug-likeness (QED) is 0.652. The number of rotatable bonds is 8. The average Bonchev–Trinajstić information content (AvgIpc) is 2.10. The topological polar surface area (TPSA) is 32.3 Å². The third-order valence-corrected chi connectivity index (χ3v) is 2.74. The van der Waals surface area contributed by atoms with Crippen LogP contribution in [-0.2, 0) is 0 Å². The van der Waals surface area contributed by atoms with E-state index in [-0.39, 0.29) is 6.10 Å². The van der Waals surface area contributed by atoms with Crippen LogP contribution in [0.15, 0.2) is 0 Å². The zero-order chi connectivity index (χ0) is 11.8. The van der Waals surface area contributed by atoms with Gasteiger partial charge in [-0.3, -0.25) is 0 Å². The molecule has 0 heterocycles. The Labute approximate surface area is 95.5 Å². The molecule has 0 rings (SSSR count). The molecule has 0 radical (unpaired) electrons. The predicted octanol–water partition coefficient (Wildman–Crippen LogP) is 2.81. The van der Waals surface area contributed by atoms with Gasteiger partial charge >= 0.3 is 0 Å². The van der Waals surface area contributed by atoms with Crippen LogP contribution in [0.1, 0.15) is 53.9 Å². The second-order valence-electron chi connectivity index (χ2n) is 5.47. The Kier molecular flexibility index (Phi) is 8.07. The molecule has 0 aliphatic heterocycles. The smallest absolute Gasteiger partial charge is 0.0515 e. The van der Waals surface area contributed by atoms with E-state index in [9.17, 15) is 5.11 Å². The summed E-state index contributed by atoms with van der Waals surface area (Å²) in [7, 11) is 0. The van der Waals surface area contributed by atoms with Gasteiger partial charge in [-0.1, -0.05) is 20.8 Å². The zero-order valence-electron chi connectivity index (χ0n) is 11.1. The molecule has 3 unspecified atom stereocenters. The molecular formula is C13H29NO. The van der Waals surface area contributed by atoms with Crippen LogP contribution in [0.2, 0.25) is 0 Å². The monoisotopic (exact) mass is 215 g/mol. The molecule has 2 N–H and O–H groups in total. The van der Waals surface area contributed by atoms with Crippen molar-refractivity contribution in [2.75, 3.05) is 6.54 Å². The lowest BCUT2D eigenvalue weighted by Gasteiger charge is -2.19. The Morgan fingerprint density at radius 2 is 1.60 bits per heavy atom. The van der Waals surface area contributed by atoms with Crippen molar-refractivity contribution in [3.8, 4) is 0 Å². The van der Waals surface area contributed by atoms with Crippen molar-refractivity contribution in [3.05, 3.63) is 0 Å².